The fourth-order valence-corrected chi connectivity index (χ4v) is 5.01. The van der Waals surface area contributed by atoms with E-state index in [1.807, 2.05) is 12.1 Å². The molecular formula is C23H23NO2. The van der Waals surface area contributed by atoms with Crippen molar-refractivity contribution >= 4 is 17.4 Å². The molecular weight excluding hydrogens is 322 g/mol. The molecule has 0 atom stereocenters. The summed E-state index contributed by atoms with van der Waals surface area (Å²) in [7, 11) is 0. The monoisotopic (exact) mass is 345 g/mol. The molecule has 1 aliphatic carbocycles. The number of aryl methyl sites for hydroxylation is 2. The summed E-state index contributed by atoms with van der Waals surface area (Å²) in [5.41, 5.74) is 6.95. The Morgan fingerprint density at radius 2 is 1.88 bits per heavy atom. The molecule has 26 heavy (non-hydrogen) atoms. The summed E-state index contributed by atoms with van der Waals surface area (Å²) < 4.78 is 7.59. The summed E-state index contributed by atoms with van der Waals surface area (Å²) in [6.07, 6.45) is 7.62. The largest absolute Gasteiger partial charge is 0.429 e. The van der Waals surface area contributed by atoms with Gasteiger partial charge in [0.25, 0.3) is 6.47 Å². The Hall–Kier alpha value is -2.55. The van der Waals surface area contributed by atoms with Crippen molar-refractivity contribution in [3.63, 3.8) is 0 Å². The molecule has 5 rings (SSSR count). The predicted octanol–water partition coefficient (Wildman–Crippen LogP) is 5.45. The standard InChI is InChI=1S/C23H23NO2/c25-15-26-18-10-11-20-21(14-18)24-13-12-16-6-4-5-9-19(16)23(24)22(20)17-7-2-1-3-8-17/h4-6,9-11,14-15,17H,1-3,7-8,12-13H2. The Kier molecular flexibility index (Phi) is 3.81. The van der Waals surface area contributed by atoms with E-state index in [1.54, 1.807) is 0 Å². The van der Waals surface area contributed by atoms with Crippen molar-refractivity contribution in [3.05, 3.63) is 53.6 Å². The zero-order valence-corrected chi connectivity index (χ0v) is 14.9. The van der Waals surface area contributed by atoms with Crippen LogP contribution < -0.4 is 4.74 Å². The number of ether oxygens (including phenoxy) is 1. The lowest BCUT2D eigenvalue weighted by atomic mass is 9.81. The lowest BCUT2D eigenvalue weighted by molar-refractivity contribution is -0.120. The lowest BCUT2D eigenvalue weighted by Gasteiger charge is -2.26. The second-order valence-corrected chi connectivity index (χ2v) is 7.55. The number of fused-ring (bicyclic) bond motifs is 5. The highest BCUT2D eigenvalue weighted by Gasteiger charge is 2.29. The number of aromatic nitrogens is 1. The molecule has 3 aromatic rings. The molecule has 3 heteroatoms. The van der Waals surface area contributed by atoms with Crippen LogP contribution in [0.2, 0.25) is 0 Å². The number of carbonyl (C=O) groups is 1. The third-order valence-corrected chi connectivity index (χ3v) is 6.15. The quantitative estimate of drug-likeness (QED) is 0.591. The Morgan fingerprint density at radius 1 is 1.04 bits per heavy atom. The second-order valence-electron chi connectivity index (χ2n) is 7.55. The number of carbonyl (C=O) groups excluding carboxylic acids is 1. The summed E-state index contributed by atoms with van der Waals surface area (Å²) >= 11 is 0. The summed E-state index contributed by atoms with van der Waals surface area (Å²) in [6, 6.07) is 15.0. The molecule has 0 bridgehead atoms. The zero-order chi connectivity index (χ0) is 17.5. The van der Waals surface area contributed by atoms with Gasteiger partial charge in [0.1, 0.15) is 5.75 Å². The predicted molar refractivity (Wildman–Crippen MR) is 104 cm³/mol. The average molecular weight is 345 g/mol. The van der Waals surface area contributed by atoms with Crippen molar-refractivity contribution in [2.24, 2.45) is 0 Å². The fourth-order valence-electron chi connectivity index (χ4n) is 5.01. The minimum absolute atomic E-state index is 0.512. The number of hydrogen-bond acceptors (Lipinski definition) is 2. The molecule has 0 saturated heterocycles. The van der Waals surface area contributed by atoms with Crippen molar-refractivity contribution in [1.82, 2.24) is 4.57 Å². The van der Waals surface area contributed by atoms with E-state index in [0.717, 1.165) is 13.0 Å². The highest BCUT2D eigenvalue weighted by Crippen LogP contribution is 2.46. The number of rotatable bonds is 3. The third kappa shape index (κ3) is 2.38. The van der Waals surface area contributed by atoms with E-state index >= 15 is 0 Å². The normalized spacial score (nSPS) is 16.9. The van der Waals surface area contributed by atoms with Gasteiger partial charge in [-0.05, 0) is 48.4 Å². The van der Waals surface area contributed by atoms with Crippen molar-refractivity contribution in [1.29, 1.82) is 0 Å². The molecule has 3 nitrogen and oxygen atoms in total. The molecule has 2 aromatic carbocycles. The van der Waals surface area contributed by atoms with Crippen molar-refractivity contribution in [2.45, 2.75) is 51.0 Å². The van der Waals surface area contributed by atoms with E-state index in [-0.39, 0.29) is 0 Å². The molecule has 0 N–H and O–H groups in total. The van der Waals surface area contributed by atoms with E-state index in [4.69, 9.17) is 4.74 Å². The highest BCUT2D eigenvalue weighted by molar-refractivity contribution is 5.94. The van der Waals surface area contributed by atoms with Crippen LogP contribution in [-0.4, -0.2) is 11.0 Å². The van der Waals surface area contributed by atoms with Gasteiger partial charge in [-0.25, -0.2) is 0 Å². The van der Waals surface area contributed by atoms with E-state index in [0.29, 0.717) is 18.1 Å². The maximum Gasteiger partial charge on any atom is 0.298 e. The molecule has 1 aromatic heterocycles. The fraction of sp³-hybridized carbons (Fsp3) is 0.348. The average Bonchev–Trinajstić information content (AvgIpc) is 3.03. The smallest absolute Gasteiger partial charge is 0.298 e. The van der Waals surface area contributed by atoms with Crippen molar-refractivity contribution in [2.75, 3.05) is 0 Å². The Morgan fingerprint density at radius 3 is 2.73 bits per heavy atom. The SMILES string of the molecule is O=COc1ccc2c(C3CCCCC3)c3n(c2c1)CCc1ccccc1-3. The molecule has 0 radical (unpaired) electrons. The number of benzene rings is 2. The lowest BCUT2D eigenvalue weighted by Crippen LogP contribution is -2.13. The minimum atomic E-state index is 0.512. The van der Waals surface area contributed by atoms with E-state index in [1.165, 1.54) is 65.4 Å². The Balaban J connectivity index is 1.79. The van der Waals surface area contributed by atoms with Crippen LogP contribution in [0.15, 0.2) is 42.5 Å². The first-order valence-electron chi connectivity index (χ1n) is 9.71. The molecule has 0 amide bonds. The molecule has 1 saturated carbocycles. The van der Waals surface area contributed by atoms with Gasteiger partial charge in [0.2, 0.25) is 0 Å². The number of nitrogens with zero attached hydrogens (tertiary/aromatic N) is 1. The Labute approximate surface area is 153 Å². The highest BCUT2D eigenvalue weighted by atomic mass is 16.5. The third-order valence-electron chi connectivity index (χ3n) is 6.15. The Bertz CT molecular complexity index is 979. The maximum atomic E-state index is 10.8. The van der Waals surface area contributed by atoms with Gasteiger partial charge >= 0.3 is 0 Å². The molecule has 2 aliphatic rings. The van der Waals surface area contributed by atoms with Crippen LogP contribution in [-0.2, 0) is 17.8 Å². The van der Waals surface area contributed by atoms with Crippen LogP contribution in [0.4, 0.5) is 0 Å². The van der Waals surface area contributed by atoms with Crippen LogP contribution in [0.5, 0.6) is 5.75 Å². The van der Waals surface area contributed by atoms with E-state index in [2.05, 4.69) is 34.9 Å². The molecule has 2 heterocycles. The molecule has 0 spiro atoms. The molecule has 0 unspecified atom stereocenters. The van der Waals surface area contributed by atoms with E-state index in [9.17, 15) is 4.79 Å². The van der Waals surface area contributed by atoms with Gasteiger partial charge < -0.3 is 9.30 Å². The topological polar surface area (TPSA) is 31.2 Å². The first-order chi connectivity index (χ1) is 12.9. The van der Waals surface area contributed by atoms with Gasteiger partial charge in [-0.15, -0.1) is 0 Å². The van der Waals surface area contributed by atoms with E-state index < -0.39 is 0 Å². The molecule has 1 aliphatic heterocycles. The summed E-state index contributed by atoms with van der Waals surface area (Å²) in [5, 5.41) is 1.34. The maximum absolute atomic E-state index is 10.8. The molecule has 132 valence electrons. The van der Waals surface area contributed by atoms with Crippen molar-refractivity contribution in [3.8, 4) is 17.0 Å². The van der Waals surface area contributed by atoms with Gasteiger partial charge in [-0.2, -0.15) is 0 Å². The van der Waals surface area contributed by atoms with Crippen LogP contribution in [0.25, 0.3) is 22.2 Å². The van der Waals surface area contributed by atoms with Crippen LogP contribution in [0.1, 0.15) is 49.1 Å². The van der Waals surface area contributed by atoms with Crippen LogP contribution >= 0.6 is 0 Å². The van der Waals surface area contributed by atoms with Crippen LogP contribution in [0.3, 0.4) is 0 Å². The van der Waals surface area contributed by atoms with Gasteiger partial charge in [0.05, 0.1) is 11.2 Å². The zero-order valence-electron chi connectivity index (χ0n) is 14.9. The summed E-state index contributed by atoms with van der Waals surface area (Å²) in [6.45, 7) is 1.50. The summed E-state index contributed by atoms with van der Waals surface area (Å²) in [5.74, 6) is 1.26. The first kappa shape index (κ1) is 15.7. The van der Waals surface area contributed by atoms with Gasteiger partial charge in [0, 0.05) is 23.6 Å². The minimum Gasteiger partial charge on any atom is -0.429 e. The second kappa shape index (κ2) is 6.31. The van der Waals surface area contributed by atoms with Crippen LogP contribution in [0, 0.1) is 0 Å². The number of hydrogen-bond donors (Lipinski definition) is 0. The first-order valence-corrected chi connectivity index (χ1v) is 9.71. The summed E-state index contributed by atoms with van der Waals surface area (Å²) in [4.78, 5) is 10.8. The van der Waals surface area contributed by atoms with Gasteiger partial charge in [0.15, 0.2) is 0 Å². The van der Waals surface area contributed by atoms with Gasteiger partial charge in [-0.1, -0.05) is 43.5 Å². The molecule has 1 fully saturated rings. The van der Waals surface area contributed by atoms with Gasteiger partial charge in [-0.3, -0.25) is 4.79 Å². The van der Waals surface area contributed by atoms with Crippen molar-refractivity contribution < 1.29 is 9.53 Å².